The highest BCUT2D eigenvalue weighted by atomic mass is 16.5. The van der Waals surface area contributed by atoms with E-state index in [1.54, 1.807) is 25.3 Å². The number of imide groups is 1. The second kappa shape index (κ2) is 9.13. The molecule has 0 radical (unpaired) electrons. The van der Waals surface area contributed by atoms with Gasteiger partial charge in [-0.25, -0.2) is 4.98 Å². The Hall–Kier alpha value is -4.33. The zero-order valence-corrected chi connectivity index (χ0v) is 19.9. The second-order valence-electron chi connectivity index (χ2n) is 8.44. The lowest BCUT2D eigenvalue weighted by molar-refractivity contribution is -0.122. The smallest absolute Gasteiger partial charge is 0.259 e. The summed E-state index contributed by atoms with van der Waals surface area (Å²) in [7, 11) is 3.09. The number of nitrogens with zero attached hydrogens (tertiary/aromatic N) is 3. The summed E-state index contributed by atoms with van der Waals surface area (Å²) < 4.78 is 15.0. The molecule has 1 aliphatic rings. The van der Waals surface area contributed by atoms with Gasteiger partial charge in [-0.15, -0.1) is 0 Å². The predicted molar refractivity (Wildman–Crippen MR) is 133 cm³/mol. The van der Waals surface area contributed by atoms with Crippen molar-refractivity contribution in [1.82, 2.24) is 19.4 Å². The molecule has 0 atom stereocenters. The van der Waals surface area contributed by atoms with Gasteiger partial charge in [-0.1, -0.05) is 24.3 Å². The molecular formula is C27H26N4O4. The highest BCUT2D eigenvalue weighted by Gasteiger charge is 2.34. The van der Waals surface area contributed by atoms with Gasteiger partial charge >= 0.3 is 0 Å². The maximum Gasteiger partial charge on any atom is 0.259 e. The highest BCUT2D eigenvalue weighted by molar-refractivity contribution is 6.50. The van der Waals surface area contributed by atoms with Crippen LogP contribution in [0.15, 0.2) is 61.2 Å². The van der Waals surface area contributed by atoms with Crippen LogP contribution in [0.2, 0.25) is 0 Å². The number of carbonyl (C=O) groups is 2. The number of ether oxygens (including phenoxy) is 2. The van der Waals surface area contributed by atoms with E-state index >= 15 is 0 Å². The average molecular weight is 471 g/mol. The fraction of sp³-hybridized carbons (Fsp3) is 0.222. The molecule has 1 aliphatic heterocycles. The molecule has 2 aromatic heterocycles. The predicted octanol–water partition coefficient (Wildman–Crippen LogP) is 3.82. The fourth-order valence-corrected chi connectivity index (χ4v) is 4.64. The van der Waals surface area contributed by atoms with Crippen LogP contribution in [0.1, 0.15) is 23.2 Å². The van der Waals surface area contributed by atoms with Crippen molar-refractivity contribution >= 4 is 33.9 Å². The number of methoxy groups -OCH3 is 2. The molecule has 0 saturated carbocycles. The summed E-state index contributed by atoms with van der Waals surface area (Å²) in [5, 5.41) is 3.40. The SMILES string of the molecule is COc1ccc(C2=C(c3cn(CCCn4cncc4C)c4ccccc34)C(=O)NC2=O)cc1OC. The van der Waals surface area contributed by atoms with Gasteiger partial charge in [0.25, 0.3) is 11.8 Å². The Bertz CT molecular complexity index is 1480. The lowest BCUT2D eigenvalue weighted by Gasteiger charge is -2.10. The molecule has 0 fully saturated rings. The molecule has 4 aromatic rings. The standard InChI is InChI=1S/C27H26N4O4/c1-17-14-28-16-31(17)12-6-11-30-15-20(19-7-4-5-8-21(19)30)25-24(26(32)29-27(25)33)18-9-10-22(34-2)23(13-18)35-3/h4-5,7-10,13-16H,6,11-12H2,1-3H3,(H,29,32,33). The van der Waals surface area contributed by atoms with Crippen molar-refractivity contribution in [3.05, 3.63) is 78.0 Å². The van der Waals surface area contributed by atoms with Crippen molar-refractivity contribution in [2.75, 3.05) is 14.2 Å². The minimum absolute atomic E-state index is 0.327. The largest absolute Gasteiger partial charge is 0.493 e. The highest BCUT2D eigenvalue weighted by Crippen LogP contribution is 2.38. The van der Waals surface area contributed by atoms with Gasteiger partial charge in [-0.3, -0.25) is 14.9 Å². The number of carbonyl (C=O) groups excluding carboxylic acids is 2. The van der Waals surface area contributed by atoms with Crippen LogP contribution in [0.3, 0.4) is 0 Å². The molecule has 2 amide bonds. The zero-order valence-electron chi connectivity index (χ0n) is 19.9. The molecule has 2 aromatic carbocycles. The second-order valence-corrected chi connectivity index (χ2v) is 8.44. The summed E-state index contributed by atoms with van der Waals surface area (Å²) >= 11 is 0. The molecule has 3 heterocycles. The van der Waals surface area contributed by atoms with Crippen LogP contribution in [0.4, 0.5) is 0 Å². The molecule has 35 heavy (non-hydrogen) atoms. The van der Waals surface area contributed by atoms with Gasteiger partial charge < -0.3 is 18.6 Å². The molecule has 0 spiro atoms. The number of hydrogen-bond acceptors (Lipinski definition) is 5. The zero-order chi connectivity index (χ0) is 24.5. The molecule has 8 heteroatoms. The maximum atomic E-state index is 13.0. The van der Waals surface area contributed by atoms with E-state index in [-0.39, 0.29) is 0 Å². The number of nitrogens with one attached hydrogen (secondary N) is 1. The van der Waals surface area contributed by atoms with Crippen molar-refractivity contribution in [2.45, 2.75) is 26.4 Å². The monoisotopic (exact) mass is 470 g/mol. The number of imidazole rings is 1. The molecular weight excluding hydrogens is 444 g/mol. The van der Waals surface area contributed by atoms with E-state index in [4.69, 9.17) is 9.47 Å². The third-order valence-electron chi connectivity index (χ3n) is 6.38. The van der Waals surface area contributed by atoms with Crippen molar-refractivity contribution in [1.29, 1.82) is 0 Å². The minimum atomic E-state index is -0.426. The summed E-state index contributed by atoms with van der Waals surface area (Å²) in [6, 6.07) is 13.2. The third-order valence-corrected chi connectivity index (χ3v) is 6.38. The number of amides is 2. The van der Waals surface area contributed by atoms with E-state index in [0.717, 1.165) is 41.7 Å². The van der Waals surface area contributed by atoms with Gasteiger partial charge in [-0.05, 0) is 37.1 Å². The summed E-state index contributed by atoms with van der Waals surface area (Å²) in [5.41, 5.74) is 4.14. The van der Waals surface area contributed by atoms with Crippen molar-refractivity contribution in [3.8, 4) is 11.5 Å². The molecule has 5 rings (SSSR count). The number of hydrogen-bond donors (Lipinski definition) is 1. The first-order valence-corrected chi connectivity index (χ1v) is 11.4. The normalized spacial score (nSPS) is 13.6. The lowest BCUT2D eigenvalue weighted by Crippen LogP contribution is -2.22. The first-order valence-electron chi connectivity index (χ1n) is 11.4. The van der Waals surface area contributed by atoms with E-state index in [1.165, 1.54) is 7.11 Å². The number of benzene rings is 2. The Balaban J connectivity index is 1.58. The van der Waals surface area contributed by atoms with E-state index in [2.05, 4.69) is 19.4 Å². The van der Waals surface area contributed by atoms with E-state index < -0.39 is 11.8 Å². The van der Waals surface area contributed by atoms with Crippen molar-refractivity contribution in [2.24, 2.45) is 0 Å². The van der Waals surface area contributed by atoms with Gasteiger partial charge in [0.05, 0.1) is 31.7 Å². The van der Waals surface area contributed by atoms with E-state index in [0.29, 0.717) is 28.2 Å². The first kappa shape index (κ1) is 22.5. The lowest BCUT2D eigenvalue weighted by atomic mass is 9.95. The summed E-state index contributed by atoms with van der Waals surface area (Å²) in [6.45, 7) is 3.63. The number of para-hydroxylation sites is 1. The number of aromatic nitrogens is 3. The molecule has 0 aliphatic carbocycles. The van der Waals surface area contributed by atoms with Gasteiger partial charge in [0.2, 0.25) is 0 Å². The van der Waals surface area contributed by atoms with Crippen LogP contribution >= 0.6 is 0 Å². The molecule has 0 saturated heterocycles. The summed E-state index contributed by atoms with van der Waals surface area (Å²) in [6.07, 6.45) is 6.55. The van der Waals surface area contributed by atoms with Crippen LogP contribution in [0, 0.1) is 6.92 Å². The average Bonchev–Trinajstić information content (AvgIpc) is 3.53. The first-order chi connectivity index (χ1) is 17.0. The maximum absolute atomic E-state index is 13.0. The van der Waals surface area contributed by atoms with Crippen molar-refractivity contribution in [3.63, 3.8) is 0 Å². The topological polar surface area (TPSA) is 87.4 Å². The van der Waals surface area contributed by atoms with E-state index in [1.807, 2.05) is 49.9 Å². The van der Waals surface area contributed by atoms with Crippen molar-refractivity contribution < 1.29 is 19.1 Å². The van der Waals surface area contributed by atoms with Crippen LogP contribution in [-0.4, -0.2) is 40.2 Å². The fourth-order valence-electron chi connectivity index (χ4n) is 4.64. The quantitative estimate of drug-likeness (QED) is 0.396. The summed E-state index contributed by atoms with van der Waals surface area (Å²) in [4.78, 5) is 30.2. The van der Waals surface area contributed by atoms with Crippen LogP contribution in [0.5, 0.6) is 11.5 Å². The van der Waals surface area contributed by atoms with Crippen LogP contribution in [-0.2, 0) is 22.7 Å². The molecule has 8 nitrogen and oxygen atoms in total. The Morgan fingerprint density at radius 3 is 2.40 bits per heavy atom. The van der Waals surface area contributed by atoms with Gasteiger partial charge in [0.1, 0.15) is 0 Å². The number of fused-ring (bicyclic) bond motifs is 1. The van der Waals surface area contributed by atoms with Crippen LogP contribution < -0.4 is 14.8 Å². The molecule has 0 bridgehead atoms. The Labute approximate surface area is 202 Å². The Morgan fingerprint density at radius 2 is 1.66 bits per heavy atom. The van der Waals surface area contributed by atoms with Crippen LogP contribution in [0.25, 0.3) is 22.0 Å². The number of rotatable bonds is 8. The van der Waals surface area contributed by atoms with Gasteiger partial charge in [0.15, 0.2) is 11.5 Å². The van der Waals surface area contributed by atoms with E-state index in [9.17, 15) is 9.59 Å². The minimum Gasteiger partial charge on any atom is -0.493 e. The molecule has 1 N–H and O–H groups in total. The Kier molecular flexibility index (Phi) is 5.86. The summed E-state index contributed by atoms with van der Waals surface area (Å²) in [5.74, 6) is 0.204. The van der Waals surface area contributed by atoms with Gasteiger partial charge in [-0.2, -0.15) is 0 Å². The Morgan fingerprint density at radius 1 is 0.914 bits per heavy atom. The molecule has 178 valence electrons. The number of aryl methyl sites for hydroxylation is 3. The van der Waals surface area contributed by atoms with Gasteiger partial charge in [0, 0.05) is 47.6 Å². The molecule has 0 unspecified atom stereocenters. The third kappa shape index (κ3) is 3.97.